The van der Waals surface area contributed by atoms with Crippen LogP contribution in [0.3, 0.4) is 0 Å². The second kappa shape index (κ2) is 7.28. The zero-order chi connectivity index (χ0) is 17.1. The number of amides is 2. The van der Waals surface area contributed by atoms with E-state index in [0.717, 1.165) is 16.9 Å². The number of carbonyl (C=O) groups excluding carboxylic acids is 2. The van der Waals surface area contributed by atoms with Crippen LogP contribution >= 0.6 is 23.4 Å². The molecular formula is C18H17ClN2O2S. The lowest BCUT2D eigenvalue weighted by atomic mass is 10.1. The third-order valence-corrected chi connectivity index (χ3v) is 5.25. The van der Waals surface area contributed by atoms with Crippen LogP contribution in [0.1, 0.15) is 17.9 Å². The minimum atomic E-state index is -0.385. The number of nitrogens with two attached hydrogens (primary N) is 1. The summed E-state index contributed by atoms with van der Waals surface area (Å²) in [5.41, 5.74) is 7.00. The van der Waals surface area contributed by atoms with E-state index < -0.39 is 0 Å². The average Bonchev–Trinajstić information content (AvgIpc) is 3.35. The number of para-hydroxylation sites is 1. The first-order valence-corrected chi connectivity index (χ1v) is 8.97. The summed E-state index contributed by atoms with van der Waals surface area (Å²) in [5.74, 6) is -0.0372. The Kier molecular flexibility index (Phi) is 5.11. The summed E-state index contributed by atoms with van der Waals surface area (Å²) < 4.78 is 0. The molecule has 0 bridgehead atoms. The molecule has 2 amide bonds. The molecule has 6 heteroatoms. The number of halogens is 1. The minimum Gasteiger partial charge on any atom is -0.369 e. The number of hydrogen-bond acceptors (Lipinski definition) is 3. The van der Waals surface area contributed by atoms with Crippen molar-refractivity contribution in [1.82, 2.24) is 0 Å². The summed E-state index contributed by atoms with van der Waals surface area (Å²) in [5, 5.41) is 3.65. The van der Waals surface area contributed by atoms with Crippen molar-refractivity contribution < 1.29 is 9.59 Å². The van der Waals surface area contributed by atoms with Crippen LogP contribution in [0.2, 0.25) is 5.02 Å². The summed E-state index contributed by atoms with van der Waals surface area (Å²) in [6.45, 7) is 0. The van der Waals surface area contributed by atoms with Gasteiger partial charge in [-0.25, -0.2) is 0 Å². The molecule has 1 aliphatic carbocycles. The van der Waals surface area contributed by atoms with Gasteiger partial charge >= 0.3 is 0 Å². The van der Waals surface area contributed by atoms with E-state index in [2.05, 4.69) is 5.32 Å². The second-order valence-corrected chi connectivity index (χ2v) is 7.20. The fourth-order valence-corrected chi connectivity index (χ4v) is 3.61. The van der Waals surface area contributed by atoms with Crippen molar-refractivity contribution in [1.29, 1.82) is 0 Å². The standard InChI is InChI=1S/C18H17ClN2O2S/c19-12-5-3-4-11(8-12)13-9-14(13)18(23)21-15-6-1-2-7-16(15)24-10-17(20)22/h1-8,13-14H,9-10H2,(H2,20,22)(H,21,23). The molecular weight excluding hydrogens is 344 g/mol. The molecule has 2 aromatic carbocycles. The first kappa shape index (κ1) is 16.9. The van der Waals surface area contributed by atoms with Gasteiger partial charge in [-0.2, -0.15) is 0 Å². The molecule has 1 aliphatic rings. The Balaban J connectivity index is 1.65. The van der Waals surface area contributed by atoms with Gasteiger partial charge in [0.2, 0.25) is 11.8 Å². The number of benzene rings is 2. The van der Waals surface area contributed by atoms with Gasteiger partial charge in [-0.05, 0) is 42.2 Å². The number of nitrogens with one attached hydrogen (secondary N) is 1. The Labute approximate surface area is 149 Å². The molecule has 2 atom stereocenters. The van der Waals surface area contributed by atoms with Crippen LogP contribution in [0.25, 0.3) is 0 Å². The fourth-order valence-electron chi connectivity index (χ4n) is 2.66. The van der Waals surface area contributed by atoms with Crippen molar-refractivity contribution >= 4 is 40.9 Å². The third kappa shape index (κ3) is 4.10. The molecule has 0 aliphatic heterocycles. The summed E-state index contributed by atoms with van der Waals surface area (Å²) >= 11 is 7.34. The Morgan fingerprint density at radius 3 is 2.75 bits per heavy atom. The van der Waals surface area contributed by atoms with Crippen LogP contribution in [0.5, 0.6) is 0 Å². The zero-order valence-corrected chi connectivity index (χ0v) is 14.4. The SMILES string of the molecule is NC(=O)CSc1ccccc1NC(=O)C1CC1c1cccc(Cl)c1. The van der Waals surface area contributed by atoms with Gasteiger partial charge < -0.3 is 11.1 Å². The quantitative estimate of drug-likeness (QED) is 0.772. The summed E-state index contributed by atoms with van der Waals surface area (Å²) in [6, 6.07) is 15.1. The molecule has 0 spiro atoms. The molecule has 2 unspecified atom stereocenters. The van der Waals surface area contributed by atoms with Gasteiger partial charge in [0, 0.05) is 15.8 Å². The molecule has 0 radical (unpaired) electrons. The molecule has 0 saturated heterocycles. The number of anilines is 1. The number of primary amides is 1. The lowest BCUT2D eigenvalue weighted by Crippen LogP contribution is -2.16. The molecule has 3 rings (SSSR count). The van der Waals surface area contributed by atoms with Gasteiger partial charge in [-0.1, -0.05) is 35.9 Å². The van der Waals surface area contributed by atoms with Crippen LogP contribution in [0.15, 0.2) is 53.4 Å². The van der Waals surface area contributed by atoms with Gasteiger partial charge in [0.05, 0.1) is 11.4 Å². The van der Waals surface area contributed by atoms with Crippen molar-refractivity contribution in [2.24, 2.45) is 11.7 Å². The van der Waals surface area contributed by atoms with Crippen LogP contribution in [-0.4, -0.2) is 17.6 Å². The molecule has 0 aromatic heterocycles. The Morgan fingerprint density at radius 1 is 1.21 bits per heavy atom. The van der Waals surface area contributed by atoms with E-state index in [1.165, 1.54) is 11.8 Å². The number of hydrogen-bond donors (Lipinski definition) is 2. The van der Waals surface area contributed by atoms with E-state index >= 15 is 0 Å². The van der Waals surface area contributed by atoms with Crippen molar-refractivity contribution in [3.8, 4) is 0 Å². The van der Waals surface area contributed by atoms with Crippen LogP contribution in [-0.2, 0) is 9.59 Å². The highest BCUT2D eigenvalue weighted by Crippen LogP contribution is 2.48. The zero-order valence-electron chi connectivity index (χ0n) is 12.9. The molecule has 1 saturated carbocycles. The number of carbonyl (C=O) groups is 2. The molecule has 124 valence electrons. The lowest BCUT2D eigenvalue weighted by Gasteiger charge is -2.10. The first-order valence-electron chi connectivity index (χ1n) is 7.61. The smallest absolute Gasteiger partial charge is 0.228 e. The summed E-state index contributed by atoms with van der Waals surface area (Å²) in [6.07, 6.45) is 0.822. The van der Waals surface area contributed by atoms with Crippen molar-refractivity contribution in [2.45, 2.75) is 17.2 Å². The number of rotatable bonds is 6. The van der Waals surface area contributed by atoms with Crippen molar-refractivity contribution in [3.05, 3.63) is 59.1 Å². The van der Waals surface area contributed by atoms with Crippen molar-refractivity contribution in [2.75, 3.05) is 11.1 Å². The van der Waals surface area contributed by atoms with E-state index in [9.17, 15) is 9.59 Å². The molecule has 4 nitrogen and oxygen atoms in total. The van der Waals surface area contributed by atoms with Gasteiger partial charge in [0.15, 0.2) is 0 Å². The van der Waals surface area contributed by atoms with E-state index in [4.69, 9.17) is 17.3 Å². The van der Waals surface area contributed by atoms with Gasteiger partial charge in [0.25, 0.3) is 0 Å². The summed E-state index contributed by atoms with van der Waals surface area (Å²) in [7, 11) is 0. The third-order valence-electron chi connectivity index (χ3n) is 3.92. The maximum Gasteiger partial charge on any atom is 0.228 e. The van der Waals surface area contributed by atoms with E-state index in [-0.39, 0.29) is 29.4 Å². The van der Waals surface area contributed by atoms with E-state index in [1.807, 2.05) is 48.5 Å². The predicted molar refractivity (Wildman–Crippen MR) is 97.3 cm³/mol. The molecule has 1 fully saturated rings. The Morgan fingerprint density at radius 2 is 2.00 bits per heavy atom. The van der Waals surface area contributed by atoms with Crippen molar-refractivity contribution in [3.63, 3.8) is 0 Å². The normalized spacial score (nSPS) is 18.9. The Hall–Kier alpha value is -1.98. The van der Waals surface area contributed by atoms with Gasteiger partial charge in [-0.15, -0.1) is 11.8 Å². The highest BCUT2D eigenvalue weighted by molar-refractivity contribution is 8.00. The lowest BCUT2D eigenvalue weighted by molar-refractivity contribution is -0.117. The monoisotopic (exact) mass is 360 g/mol. The highest BCUT2D eigenvalue weighted by atomic mass is 35.5. The molecule has 2 aromatic rings. The van der Waals surface area contributed by atoms with Crippen LogP contribution in [0.4, 0.5) is 5.69 Å². The second-order valence-electron chi connectivity index (χ2n) is 5.74. The Bertz CT molecular complexity index is 781. The predicted octanol–water partition coefficient (Wildman–Crippen LogP) is 3.66. The summed E-state index contributed by atoms with van der Waals surface area (Å²) in [4.78, 5) is 24.3. The maximum atomic E-state index is 12.5. The fraction of sp³-hybridized carbons (Fsp3) is 0.222. The van der Waals surface area contributed by atoms with E-state index in [0.29, 0.717) is 10.7 Å². The van der Waals surface area contributed by atoms with Crippen LogP contribution < -0.4 is 11.1 Å². The minimum absolute atomic E-state index is 0.00731. The van der Waals surface area contributed by atoms with Gasteiger partial charge in [-0.3, -0.25) is 9.59 Å². The first-order chi connectivity index (χ1) is 11.5. The van der Waals surface area contributed by atoms with Crippen LogP contribution in [0, 0.1) is 5.92 Å². The van der Waals surface area contributed by atoms with Gasteiger partial charge in [0.1, 0.15) is 0 Å². The van der Waals surface area contributed by atoms with E-state index in [1.54, 1.807) is 0 Å². The molecule has 24 heavy (non-hydrogen) atoms. The topological polar surface area (TPSA) is 72.2 Å². The highest BCUT2D eigenvalue weighted by Gasteiger charge is 2.44. The number of thioether (sulfide) groups is 1. The molecule has 3 N–H and O–H groups in total. The maximum absolute atomic E-state index is 12.5. The largest absolute Gasteiger partial charge is 0.369 e. The molecule has 0 heterocycles. The average molecular weight is 361 g/mol.